The number of amides is 1. The van der Waals surface area contributed by atoms with Crippen molar-refractivity contribution in [2.45, 2.75) is 51.0 Å². The lowest BCUT2D eigenvalue weighted by atomic mass is 9.88. The van der Waals surface area contributed by atoms with Crippen molar-refractivity contribution in [3.8, 4) is 0 Å². The molecule has 0 bridgehead atoms. The third-order valence-electron chi connectivity index (χ3n) is 5.22. The van der Waals surface area contributed by atoms with E-state index in [1.807, 2.05) is 0 Å². The number of aryl methyl sites for hydroxylation is 1. The van der Waals surface area contributed by atoms with Gasteiger partial charge >= 0.3 is 0 Å². The van der Waals surface area contributed by atoms with Crippen molar-refractivity contribution in [2.24, 2.45) is 13.0 Å². The fraction of sp³-hybridized carbons (Fsp3) is 0.706. The van der Waals surface area contributed by atoms with Gasteiger partial charge in [0.1, 0.15) is 5.02 Å². The third-order valence-corrected chi connectivity index (χ3v) is 5.57. The van der Waals surface area contributed by atoms with Gasteiger partial charge in [0.05, 0.1) is 11.9 Å². The summed E-state index contributed by atoms with van der Waals surface area (Å²) in [7, 11) is 1.59. The van der Waals surface area contributed by atoms with E-state index in [1.165, 1.54) is 23.9 Å². The maximum Gasteiger partial charge on any atom is 0.287 e. The number of carbonyl (C=O) groups is 1. The Morgan fingerprint density at radius 3 is 2.54 bits per heavy atom. The van der Waals surface area contributed by atoms with Gasteiger partial charge in [-0.15, -0.1) is 0 Å². The zero-order valence-electron chi connectivity index (χ0n) is 14.1. The average molecular weight is 353 g/mol. The minimum Gasteiger partial charge on any atom is -0.369 e. The fourth-order valence-electron chi connectivity index (χ4n) is 3.67. The smallest absolute Gasteiger partial charge is 0.287 e. The first-order valence-electron chi connectivity index (χ1n) is 8.83. The minimum atomic E-state index is -0.276. The minimum absolute atomic E-state index is 0.201. The highest BCUT2D eigenvalue weighted by Gasteiger charge is 2.27. The van der Waals surface area contributed by atoms with E-state index < -0.39 is 0 Å². The zero-order chi connectivity index (χ0) is 17.1. The maximum atomic E-state index is 12.4. The molecule has 0 unspecified atom stereocenters. The summed E-state index contributed by atoms with van der Waals surface area (Å²) in [6.07, 6.45) is 9.03. The summed E-state index contributed by atoms with van der Waals surface area (Å²) in [5.74, 6) is 0.425. The molecule has 2 fully saturated rings. The Labute approximate surface area is 147 Å². The number of nitrogens with one attached hydrogen (secondary N) is 1. The van der Waals surface area contributed by atoms with Crippen LogP contribution in [0.4, 0.5) is 5.69 Å². The molecular weight excluding hydrogens is 328 g/mol. The monoisotopic (exact) mass is 352 g/mol. The van der Waals surface area contributed by atoms with Crippen LogP contribution < -0.4 is 15.8 Å². The van der Waals surface area contributed by atoms with Gasteiger partial charge in [0.15, 0.2) is 0 Å². The van der Waals surface area contributed by atoms with Gasteiger partial charge in [-0.05, 0) is 25.7 Å². The summed E-state index contributed by atoms with van der Waals surface area (Å²) < 4.78 is 1.24. The zero-order valence-corrected chi connectivity index (χ0v) is 14.9. The second kappa shape index (κ2) is 7.55. The van der Waals surface area contributed by atoms with E-state index in [0.717, 1.165) is 38.8 Å². The van der Waals surface area contributed by atoms with Crippen LogP contribution in [-0.2, 0) is 11.8 Å². The molecule has 6 nitrogen and oxygen atoms in total. The van der Waals surface area contributed by atoms with Gasteiger partial charge in [-0.2, -0.15) is 5.10 Å². The second-order valence-electron chi connectivity index (χ2n) is 6.88. The first kappa shape index (κ1) is 17.3. The van der Waals surface area contributed by atoms with E-state index in [0.29, 0.717) is 5.69 Å². The van der Waals surface area contributed by atoms with Crippen molar-refractivity contribution in [3.63, 3.8) is 0 Å². The Morgan fingerprint density at radius 2 is 1.88 bits per heavy atom. The number of rotatable bonds is 3. The van der Waals surface area contributed by atoms with Crippen LogP contribution in [0.3, 0.4) is 0 Å². The summed E-state index contributed by atoms with van der Waals surface area (Å²) in [6.45, 7) is 1.54. The number of hydrogen-bond donors (Lipinski definition) is 1. The van der Waals surface area contributed by atoms with Crippen molar-refractivity contribution in [3.05, 3.63) is 21.6 Å². The van der Waals surface area contributed by atoms with Crippen LogP contribution in [0.1, 0.15) is 44.9 Å². The van der Waals surface area contributed by atoms with Crippen LogP contribution in [-0.4, -0.2) is 34.8 Å². The molecule has 1 aromatic heterocycles. The normalized spacial score (nSPS) is 20.2. The molecule has 2 aliphatic rings. The summed E-state index contributed by atoms with van der Waals surface area (Å²) in [5, 5.41) is 7.49. The predicted molar refractivity (Wildman–Crippen MR) is 94.4 cm³/mol. The Balaban J connectivity index is 1.55. The van der Waals surface area contributed by atoms with Gasteiger partial charge in [-0.1, -0.05) is 30.9 Å². The highest BCUT2D eigenvalue weighted by molar-refractivity contribution is 6.33. The molecule has 1 aliphatic heterocycles. The van der Waals surface area contributed by atoms with Crippen LogP contribution in [0.5, 0.6) is 0 Å². The molecule has 1 aliphatic carbocycles. The molecule has 1 amide bonds. The number of aromatic nitrogens is 2. The maximum absolute atomic E-state index is 12.4. The molecule has 24 heavy (non-hydrogen) atoms. The van der Waals surface area contributed by atoms with E-state index >= 15 is 0 Å². The topological polar surface area (TPSA) is 67.2 Å². The van der Waals surface area contributed by atoms with Gasteiger partial charge in [0.2, 0.25) is 5.91 Å². The predicted octanol–water partition coefficient (Wildman–Crippen LogP) is 2.10. The molecule has 0 aromatic carbocycles. The summed E-state index contributed by atoms with van der Waals surface area (Å²) in [6, 6.07) is 0.217. The Bertz CT molecular complexity index is 646. The number of hydrogen-bond acceptors (Lipinski definition) is 4. The molecule has 1 saturated heterocycles. The molecule has 2 heterocycles. The van der Waals surface area contributed by atoms with Gasteiger partial charge in [0, 0.05) is 32.1 Å². The number of halogens is 1. The van der Waals surface area contributed by atoms with Crippen molar-refractivity contribution < 1.29 is 4.79 Å². The molecule has 0 spiro atoms. The van der Waals surface area contributed by atoms with Gasteiger partial charge < -0.3 is 10.2 Å². The van der Waals surface area contributed by atoms with Crippen LogP contribution in [0.2, 0.25) is 5.02 Å². The largest absolute Gasteiger partial charge is 0.369 e. The van der Waals surface area contributed by atoms with Crippen molar-refractivity contribution in [1.29, 1.82) is 0 Å². The van der Waals surface area contributed by atoms with Crippen LogP contribution >= 0.6 is 11.6 Å². The number of nitrogens with zero attached hydrogens (tertiary/aromatic N) is 3. The van der Waals surface area contributed by atoms with Gasteiger partial charge in [-0.25, -0.2) is 4.68 Å². The molecule has 132 valence electrons. The van der Waals surface area contributed by atoms with Gasteiger partial charge in [-0.3, -0.25) is 9.59 Å². The molecule has 0 radical (unpaired) electrons. The first-order valence-corrected chi connectivity index (χ1v) is 9.21. The summed E-state index contributed by atoms with van der Waals surface area (Å²) in [4.78, 5) is 26.3. The van der Waals surface area contributed by atoms with E-state index in [-0.39, 0.29) is 28.4 Å². The summed E-state index contributed by atoms with van der Waals surface area (Å²) >= 11 is 6.17. The molecule has 1 N–H and O–H groups in total. The molecule has 0 atom stereocenters. The lowest BCUT2D eigenvalue weighted by Crippen LogP contribution is -2.47. The van der Waals surface area contributed by atoms with E-state index in [2.05, 4.69) is 15.3 Å². The van der Waals surface area contributed by atoms with Crippen molar-refractivity contribution in [2.75, 3.05) is 18.0 Å². The van der Waals surface area contributed by atoms with Crippen LogP contribution in [0, 0.1) is 5.92 Å². The quantitative estimate of drug-likeness (QED) is 0.904. The van der Waals surface area contributed by atoms with E-state index in [9.17, 15) is 9.59 Å². The molecule has 7 heteroatoms. The SMILES string of the molecule is Cn1ncc(N2CCC(NC(=O)C3CCCCC3)CC2)c(Cl)c1=O. The molecule has 1 aromatic rings. The standard InChI is InChI=1S/C17H25ClN4O2/c1-21-17(24)15(18)14(11-19-21)22-9-7-13(8-10-22)20-16(23)12-5-3-2-4-6-12/h11-13H,2-10H2,1H3,(H,20,23). The molecule has 3 rings (SSSR count). The van der Waals surface area contributed by atoms with Gasteiger partial charge in [0.25, 0.3) is 5.56 Å². The van der Waals surface area contributed by atoms with Crippen LogP contribution in [0.25, 0.3) is 0 Å². The highest BCUT2D eigenvalue weighted by Crippen LogP contribution is 2.26. The van der Waals surface area contributed by atoms with Crippen molar-refractivity contribution in [1.82, 2.24) is 15.1 Å². The lowest BCUT2D eigenvalue weighted by Gasteiger charge is -2.35. The molecular formula is C17H25ClN4O2. The molecule has 1 saturated carbocycles. The van der Waals surface area contributed by atoms with Crippen LogP contribution in [0.15, 0.2) is 11.0 Å². The Kier molecular flexibility index (Phi) is 5.43. The number of piperidine rings is 1. The second-order valence-corrected chi connectivity index (χ2v) is 7.26. The highest BCUT2D eigenvalue weighted by atomic mass is 35.5. The third kappa shape index (κ3) is 3.74. The van der Waals surface area contributed by atoms with E-state index in [1.54, 1.807) is 13.2 Å². The fourth-order valence-corrected chi connectivity index (χ4v) is 3.96. The Hall–Kier alpha value is -1.56. The number of carbonyl (C=O) groups excluding carboxylic acids is 1. The van der Waals surface area contributed by atoms with E-state index in [4.69, 9.17) is 11.6 Å². The Morgan fingerprint density at radius 1 is 1.21 bits per heavy atom. The first-order chi connectivity index (χ1) is 11.6. The lowest BCUT2D eigenvalue weighted by molar-refractivity contribution is -0.126. The summed E-state index contributed by atoms with van der Waals surface area (Å²) in [5.41, 5.74) is 0.415. The number of anilines is 1. The van der Waals surface area contributed by atoms with Crippen molar-refractivity contribution >= 4 is 23.2 Å². The average Bonchev–Trinajstić information content (AvgIpc) is 2.61.